The summed E-state index contributed by atoms with van der Waals surface area (Å²) in [5.41, 5.74) is 0. The number of halogens is 1. The molecule has 0 N–H and O–H groups in total. The van der Waals surface area contributed by atoms with E-state index in [9.17, 15) is 0 Å². The maximum absolute atomic E-state index is 4.26. The largest absolute Gasteiger partial charge is 0.143 e. The van der Waals surface area contributed by atoms with Crippen molar-refractivity contribution in [3.05, 3.63) is 243 Å². The van der Waals surface area contributed by atoms with Crippen LogP contribution >= 0.6 is 26.0 Å². The minimum Gasteiger partial charge on any atom is -0.143 e. The number of hydrogen-bond acceptors (Lipinski definition) is 0. The van der Waals surface area contributed by atoms with Gasteiger partial charge in [0.05, 0.1) is 0 Å². The predicted molar refractivity (Wildman–Crippen MR) is 236 cm³/mol. The number of hydrogen-bond donors (Lipinski definition) is 0. The van der Waals surface area contributed by atoms with Crippen LogP contribution in [0.15, 0.2) is 237 Å². The molecule has 0 unspecified atom stereocenters. The van der Waals surface area contributed by atoms with Crippen molar-refractivity contribution in [2.45, 2.75) is 0 Å². The fourth-order valence-electron chi connectivity index (χ4n) is 6.22. The fourth-order valence-corrected chi connectivity index (χ4v) is 10.8. The SMILES string of the molecule is [Cl][Ni].[c-]1cc2ccccc2c2ccccc12.c1ccc(P(c2ccccc2)c2ccccc2)cc1.c1ccc(P(c2ccccc2)c2ccccc2)cc1. The minimum absolute atomic E-state index is 0.446. The van der Waals surface area contributed by atoms with E-state index in [1.807, 2.05) is 6.07 Å². The van der Waals surface area contributed by atoms with E-state index in [0.717, 1.165) is 0 Å². The Kier molecular flexibility index (Phi) is 15.2. The minimum atomic E-state index is -0.446. The summed E-state index contributed by atoms with van der Waals surface area (Å²) < 4.78 is 0. The zero-order chi connectivity index (χ0) is 37.2. The Bertz CT molecular complexity index is 2030. The molecule has 267 valence electrons. The molecule has 0 aliphatic rings. The monoisotopic (exact) mass is 794 g/mol. The van der Waals surface area contributed by atoms with Crippen LogP contribution in [0.5, 0.6) is 0 Å². The first-order valence-corrected chi connectivity index (χ1v) is 21.7. The molecule has 0 spiro atoms. The van der Waals surface area contributed by atoms with Crippen LogP contribution < -0.4 is 31.8 Å². The van der Waals surface area contributed by atoms with Gasteiger partial charge < -0.3 is 0 Å². The van der Waals surface area contributed by atoms with Crippen LogP contribution in [0.4, 0.5) is 0 Å². The molecule has 0 amide bonds. The first-order valence-electron chi connectivity index (χ1n) is 17.7. The summed E-state index contributed by atoms with van der Waals surface area (Å²) in [6, 6.07) is 86.8. The van der Waals surface area contributed by atoms with Gasteiger partial charge in [-0.15, -0.1) is 35.0 Å². The summed E-state index contributed by atoms with van der Waals surface area (Å²) in [6.45, 7) is 0. The zero-order valence-corrected chi connectivity index (χ0v) is 33.1. The molecule has 0 radical (unpaired) electrons. The van der Waals surface area contributed by atoms with Crippen molar-refractivity contribution in [2.75, 3.05) is 0 Å². The predicted octanol–water partition coefficient (Wildman–Crippen LogP) is 11.4. The van der Waals surface area contributed by atoms with Gasteiger partial charge in [0.2, 0.25) is 0 Å². The van der Waals surface area contributed by atoms with Gasteiger partial charge in [-0.05, 0) is 47.7 Å². The molecule has 0 saturated carbocycles. The van der Waals surface area contributed by atoms with Gasteiger partial charge in [-0.3, -0.25) is 0 Å². The molecular formula is C50H39ClNiP2-. The van der Waals surface area contributed by atoms with Crippen LogP contribution in [-0.2, 0) is 14.6 Å². The molecule has 0 aromatic heterocycles. The maximum Gasteiger partial charge on any atom is -0.0134 e. The number of rotatable bonds is 6. The van der Waals surface area contributed by atoms with E-state index in [1.165, 1.54) is 53.4 Å². The van der Waals surface area contributed by atoms with E-state index < -0.39 is 15.8 Å². The van der Waals surface area contributed by atoms with Crippen LogP contribution in [0.2, 0.25) is 0 Å². The van der Waals surface area contributed by atoms with E-state index in [2.05, 4.69) is 261 Å². The van der Waals surface area contributed by atoms with Gasteiger partial charge >= 0.3 is 24.8 Å². The van der Waals surface area contributed by atoms with E-state index in [0.29, 0.717) is 0 Å². The summed E-state index contributed by atoms with van der Waals surface area (Å²) in [7, 11) is 3.37. The van der Waals surface area contributed by atoms with Crippen LogP contribution in [0.25, 0.3) is 21.5 Å². The standard InChI is InChI=1S/2C18H15P.C14H9.ClH.Ni/c2*1-4-10-16(11-5-1)19(17-12-6-2-7-13-17)18-14-8-3-9-15-18;1-3-7-13-11(5-1)9-10-12-6-2-4-8-14(12)13;;/h2*1-15H;1-9H;1H;/q;;-1;;+1/p-1. The quantitative estimate of drug-likeness (QED) is 0.0681. The van der Waals surface area contributed by atoms with Gasteiger partial charge in [0.1, 0.15) is 0 Å². The van der Waals surface area contributed by atoms with Crippen LogP contribution in [-0.4, -0.2) is 0 Å². The Labute approximate surface area is 334 Å². The Morgan fingerprint density at radius 3 is 0.889 bits per heavy atom. The van der Waals surface area contributed by atoms with Crippen molar-refractivity contribution >= 4 is 79.4 Å². The molecule has 0 aliphatic carbocycles. The number of fused-ring (bicyclic) bond motifs is 3. The van der Waals surface area contributed by atoms with Crippen molar-refractivity contribution < 1.29 is 14.6 Å². The maximum atomic E-state index is 4.26. The summed E-state index contributed by atoms with van der Waals surface area (Å²) in [4.78, 5) is 0. The Morgan fingerprint density at radius 2 is 0.556 bits per heavy atom. The van der Waals surface area contributed by atoms with Gasteiger partial charge in [0.15, 0.2) is 0 Å². The first-order chi connectivity index (χ1) is 26.8. The summed E-state index contributed by atoms with van der Waals surface area (Å²) in [5.74, 6) is 0. The van der Waals surface area contributed by atoms with E-state index in [4.69, 9.17) is 0 Å². The molecule has 9 aromatic carbocycles. The Balaban J connectivity index is 0.000000136. The Morgan fingerprint density at radius 1 is 0.296 bits per heavy atom. The second kappa shape index (κ2) is 21.1. The van der Waals surface area contributed by atoms with Crippen LogP contribution in [0.1, 0.15) is 0 Å². The van der Waals surface area contributed by atoms with Gasteiger partial charge in [-0.2, -0.15) is 0 Å². The zero-order valence-electron chi connectivity index (χ0n) is 29.6. The molecule has 0 heterocycles. The molecule has 0 saturated heterocycles. The van der Waals surface area contributed by atoms with Crippen LogP contribution in [0.3, 0.4) is 0 Å². The molecule has 0 aliphatic heterocycles. The fraction of sp³-hybridized carbons (Fsp3) is 0. The molecule has 54 heavy (non-hydrogen) atoms. The van der Waals surface area contributed by atoms with Gasteiger partial charge in [-0.25, -0.2) is 0 Å². The topological polar surface area (TPSA) is 0 Å². The van der Waals surface area contributed by atoms with Crippen molar-refractivity contribution in [1.29, 1.82) is 0 Å². The average Bonchev–Trinajstić information content (AvgIpc) is 3.27. The summed E-state index contributed by atoms with van der Waals surface area (Å²) >= 11 is 3.35. The summed E-state index contributed by atoms with van der Waals surface area (Å²) in [5, 5.41) is 13.4. The van der Waals surface area contributed by atoms with Crippen molar-refractivity contribution in [1.82, 2.24) is 0 Å². The summed E-state index contributed by atoms with van der Waals surface area (Å²) in [6.07, 6.45) is 0. The van der Waals surface area contributed by atoms with E-state index in [-0.39, 0.29) is 0 Å². The molecule has 9 rings (SSSR count). The van der Waals surface area contributed by atoms with E-state index in [1.54, 1.807) is 0 Å². The molecule has 0 nitrogen and oxygen atoms in total. The third-order valence-corrected chi connectivity index (χ3v) is 13.5. The van der Waals surface area contributed by atoms with Gasteiger partial charge in [0, 0.05) is 0 Å². The third kappa shape index (κ3) is 10.4. The molecule has 4 heteroatoms. The van der Waals surface area contributed by atoms with Crippen molar-refractivity contribution in [2.24, 2.45) is 0 Å². The second-order valence-electron chi connectivity index (χ2n) is 12.1. The second-order valence-corrected chi connectivity index (χ2v) is 16.5. The van der Waals surface area contributed by atoms with Crippen molar-refractivity contribution in [3.63, 3.8) is 0 Å². The van der Waals surface area contributed by atoms with Gasteiger partial charge in [0.25, 0.3) is 0 Å². The van der Waals surface area contributed by atoms with Crippen molar-refractivity contribution in [3.8, 4) is 0 Å². The van der Waals surface area contributed by atoms with Crippen LogP contribution in [0, 0.1) is 6.07 Å². The Hall–Kier alpha value is -4.86. The molecule has 0 atom stereocenters. The first kappa shape index (κ1) is 38.9. The third-order valence-electron chi connectivity index (χ3n) is 8.65. The average molecular weight is 796 g/mol. The van der Waals surface area contributed by atoms with Gasteiger partial charge in [-0.1, -0.05) is 229 Å². The molecular weight excluding hydrogens is 757 g/mol. The normalized spacial score (nSPS) is 10.4. The number of benzene rings is 9. The van der Waals surface area contributed by atoms with E-state index >= 15 is 0 Å². The molecule has 0 fully saturated rings. The molecule has 0 bridgehead atoms. The molecule has 9 aromatic rings. The smallest absolute Gasteiger partial charge is 0.0134 e.